The fourth-order valence-corrected chi connectivity index (χ4v) is 1.58. The summed E-state index contributed by atoms with van der Waals surface area (Å²) in [5, 5.41) is 14.7. The third-order valence-corrected chi connectivity index (χ3v) is 2.57. The molecule has 0 aliphatic carbocycles. The Labute approximate surface area is 111 Å². The van der Waals surface area contributed by atoms with Gasteiger partial charge in [-0.2, -0.15) is 0 Å². The Morgan fingerprint density at radius 2 is 1.84 bits per heavy atom. The zero-order valence-corrected chi connectivity index (χ0v) is 10.5. The SMILES string of the molecule is CC(O)c1ccc(NC(=O)Nc2cccnc2)cc1. The van der Waals surface area contributed by atoms with Crippen LogP contribution < -0.4 is 10.6 Å². The van der Waals surface area contributed by atoms with E-state index in [-0.39, 0.29) is 6.03 Å². The number of urea groups is 1. The first-order chi connectivity index (χ1) is 9.15. The summed E-state index contributed by atoms with van der Waals surface area (Å²) in [6.07, 6.45) is 2.69. The van der Waals surface area contributed by atoms with E-state index in [1.54, 1.807) is 55.7 Å². The number of rotatable bonds is 3. The first kappa shape index (κ1) is 13.0. The number of pyridine rings is 1. The molecule has 0 aliphatic heterocycles. The molecule has 3 N–H and O–H groups in total. The fourth-order valence-electron chi connectivity index (χ4n) is 1.58. The summed E-state index contributed by atoms with van der Waals surface area (Å²) in [5.41, 5.74) is 2.09. The molecule has 0 saturated carbocycles. The third-order valence-electron chi connectivity index (χ3n) is 2.57. The maximum absolute atomic E-state index is 11.7. The van der Waals surface area contributed by atoms with E-state index in [4.69, 9.17) is 0 Å². The summed E-state index contributed by atoms with van der Waals surface area (Å²) in [7, 11) is 0. The zero-order valence-electron chi connectivity index (χ0n) is 10.5. The number of carbonyl (C=O) groups is 1. The average Bonchev–Trinajstić information content (AvgIpc) is 2.40. The molecular formula is C14H15N3O2. The number of aliphatic hydroxyl groups is 1. The summed E-state index contributed by atoms with van der Waals surface area (Å²) < 4.78 is 0. The van der Waals surface area contributed by atoms with Crippen molar-refractivity contribution < 1.29 is 9.90 Å². The number of hydrogen-bond donors (Lipinski definition) is 3. The van der Waals surface area contributed by atoms with Crippen LogP contribution in [0.1, 0.15) is 18.6 Å². The van der Waals surface area contributed by atoms with E-state index in [1.807, 2.05) is 0 Å². The molecule has 1 unspecified atom stereocenters. The second-order valence-corrected chi connectivity index (χ2v) is 4.12. The van der Waals surface area contributed by atoms with Crippen LogP contribution in [-0.2, 0) is 0 Å². The van der Waals surface area contributed by atoms with Gasteiger partial charge in [-0.15, -0.1) is 0 Å². The van der Waals surface area contributed by atoms with Crippen LogP contribution in [0.2, 0.25) is 0 Å². The van der Waals surface area contributed by atoms with E-state index in [9.17, 15) is 9.90 Å². The van der Waals surface area contributed by atoms with Crippen LogP contribution in [0.5, 0.6) is 0 Å². The van der Waals surface area contributed by atoms with Gasteiger partial charge in [-0.1, -0.05) is 12.1 Å². The van der Waals surface area contributed by atoms with Crippen molar-refractivity contribution in [3.63, 3.8) is 0 Å². The maximum Gasteiger partial charge on any atom is 0.323 e. The summed E-state index contributed by atoms with van der Waals surface area (Å²) in [5.74, 6) is 0. The highest BCUT2D eigenvalue weighted by atomic mass is 16.3. The van der Waals surface area contributed by atoms with Gasteiger partial charge in [-0.3, -0.25) is 4.98 Å². The Balaban J connectivity index is 1.95. The molecule has 0 radical (unpaired) electrons. The molecule has 1 heterocycles. The van der Waals surface area contributed by atoms with Gasteiger partial charge < -0.3 is 15.7 Å². The molecule has 19 heavy (non-hydrogen) atoms. The number of nitrogens with one attached hydrogen (secondary N) is 2. The number of hydrogen-bond acceptors (Lipinski definition) is 3. The van der Waals surface area contributed by atoms with Gasteiger partial charge in [0.25, 0.3) is 0 Å². The highest BCUT2D eigenvalue weighted by Gasteiger charge is 2.04. The number of aliphatic hydroxyl groups excluding tert-OH is 1. The van der Waals surface area contributed by atoms with Crippen molar-refractivity contribution in [2.45, 2.75) is 13.0 Å². The van der Waals surface area contributed by atoms with E-state index < -0.39 is 6.10 Å². The van der Waals surface area contributed by atoms with Crippen LogP contribution in [-0.4, -0.2) is 16.1 Å². The van der Waals surface area contributed by atoms with Crippen LogP contribution in [0.15, 0.2) is 48.8 Å². The summed E-state index contributed by atoms with van der Waals surface area (Å²) >= 11 is 0. The van der Waals surface area contributed by atoms with Gasteiger partial charge in [0.2, 0.25) is 0 Å². The molecule has 1 aromatic carbocycles. The molecule has 0 fully saturated rings. The van der Waals surface area contributed by atoms with E-state index >= 15 is 0 Å². The van der Waals surface area contributed by atoms with Crippen molar-refractivity contribution in [2.75, 3.05) is 10.6 Å². The Bertz CT molecular complexity index is 538. The molecule has 2 rings (SSSR count). The van der Waals surface area contributed by atoms with Crippen molar-refractivity contribution in [2.24, 2.45) is 0 Å². The van der Waals surface area contributed by atoms with E-state index in [1.165, 1.54) is 0 Å². The zero-order chi connectivity index (χ0) is 13.7. The fraction of sp³-hybridized carbons (Fsp3) is 0.143. The molecule has 5 heteroatoms. The number of amides is 2. The minimum Gasteiger partial charge on any atom is -0.389 e. The molecule has 1 aromatic heterocycles. The van der Waals surface area contributed by atoms with Gasteiger partial charge in [-0.05, 0) is 36.8 Å². The van der Waals surface area contributed by atoms with Gasteiger partial charge in [0.15, 0.2) is 0 Å². The molecular weight excluding hydrogens is 242 g/mol. The van der Waals surface area contributed by atoms with Crippen molar-refractivity contribution in [3.05, 3.63) is 54.4 Å². The van der Waals surface area contributed by atoms with Gasteiger partial charge in [0.1, 0.15) is 0 Å². The van der Waals surface area contributed by atoms with Gasteiger partial charge in [0, 0.05) is 11.9 Å². The summed E-state index contributed by atoms with van der Waals surface area (Å²) in [6.45, 7) is 1.69. The molecule has 0 aliphatic rings. The van der Waals surface area contributed by atoms with Crippen LogP contribution in [0.3, 0.4) is 0 Å². The first-order valence-electron chi connectivity index (χ1n) is 5.91. The highest BCUT2D eigenvalue weighted by molar-refractivity contribution is 5.99. The van der Waals surface area contributed by atoms with Gasteiger partial charge in [-0.25, -0.2) is 4.79 Å². The molecule has 2 aromatic rings. The first-order valence-corrected chi connectivity index (χ1v) is 5.91. The minimum atomic E-state index is -0.515. The Morgan fingerprint density at radius 1 is 1.16 bits per heavy atom. The van der Waals surface area contributed by atoms with Crippen molar-refractivity contribution in [1.29, 1.82) is 0 Å². The molecule has 2 amide bonds. The number of benzene rings is 1. The predicted octanol–water partition coefficient (Wildman–Crippen LogP) is 2.78. The monoisotopic (exact) mass is 257 g/mol. The van der Waals surface area contributed by atoms with Crippen molar-refractivity contribution >= 4 is 17.4 Å². The lowest BCUT2D eigenvalue weighted by Gasteiger charge is -2.09. The molecule has 98 valence electrons. The standard InChI is InChI=1S/C14H15N3O2/c1-10(18)11-4-6-12(7-5-11)16-14(19)17-13-3-2-8-15-9-13/h2-10,18H,1H3,(H2,16,17,19). The number of carbonyl (C=O) groups excluding carboxylic acids is 1. The van der Waals surface area contributed by atoms with E-state index in [2.05, 4.69) is 15.6 Å². The van der Waals surface area contributed by atoms with E-state index in [0.717, 1.165) is 5.56 Å². The van der Waals surface area contributed by atoms with Gasteiger partial charge in [0.05, 0.1) is 18.0 Å². The normalized spacial score (nSPS) is 11.7. The number of nitrogens with zero attached hydrogens (tertiary/aromatic N) is 1. The summed E-state index contributed by atoms with van der Waals surface area (Å²) in [6, 6.07) is 10.2. The van der Waals surface area contributed by atoms with Crippen LogP contribution in [0.25, 0.3) is 0 Å². The highest BCUT2D eigenvalue weighted by Crippen LogP contribution is 2.15. The lowest BCUT2D eigenvalue weighted by molar-refractivity contribution is 0.199. The third kappa shape index (κ3) is 3.79. The summed E-state index contributed by atoms with van der Waals surface area (Å²) in [4.78, 5) is 15.6. The second-order valence-electron chi connectivity index (χ2n) is 4.12. The molecule has 1 atom stereocenters. The van der Waals surface area contributed by atoms with Crippen LogP contribution >= 0.6 is 0 Å². The Morgan fingerprint density at radius 3 is 2.42 bits per heavy atom. The predicted molar refractivity (Wildman–Crippen MR) is 74.0 cm³/mol. The quantitative estimate of drug-likeness (QED) is 0.791. The molecule has 0 spiro atoms. The maximum atomic E-state index is 11.7. The van der Waals surface area contributed by atoms with Gasteiger partial charge >= 0.3 is 6.03 Å². The number of anilines is 2. The largest absolute Gasteiger partial charge is 0.389 e. The molecule has 0 saturated heterocycles. The van der Waals surface area contributed by atoms with E-state index in [0.29, 0.717) is 11.4 Å². The lowest BCUT2D eigenvalue weighted by Crippen LogP contribution is -2.19. The Hall–Kier alpha value is -2.40. The average molecular weight is 257 g/mol. The molecule has 5 nitrogen and oxygen atoms in total. The number of aromatic nitrogens is 1. The van der Waals surface area contributed by atoms with Crippen LogP contribution in [0.4, 0.5) is 16.2 Å². The van der Waals surface area contributed by atoms with Crippen LogP contribution in [0, 0.1) is 0 Å². The topological polar surface area (TPSA) is 74.2 Å². The van der Waals surface area contributed by atoms with Crippen molar-refractivity contribution in [1.82, 2.24) is 4.98 Å². The molecule has 0 bridgehead atoms. The van der Waals surface area contributed by atoms with Crippen molar-refractivity contribution in [3.8, 4) is 0 Å². The smallest absolute Gasteiger partial charge is 0.323 e. The minimum absolute atomic E-state index is 0.335. The Kier molecular flexibility index (Phi) is 4.10. The lowest BCUT2D eigenvalue weighted by atomic mass is 10.1. The second kappa shape index (κ2) is 5.97.